The number of H-pyrrole nitrogens is 1. The molecule has 1 saturated carbocycles. The predicted molar refractivity (Wildman–Crippen MR) is 121 cm³/mol. The van der Waals surface area contributed by atoms with Crippen LogP contribution in [0.3, 0.4) is 0 Å². The number of para-hydroxylation sites is 2. The summed E-state index contributed by atoms with van der Waals surface area (Å²) in [4.78, 5) is 48.6. The SMILES string of the molecule is CC(C)(N[PH](=O)Oc1ccccc1OC[C@H]1C[C@@H](n2c(=O)cc[nH]c2=O)[C@@]2(COO2)[C@@H]1O)C(=O)O. The molecule has 0 bridgehead atoms. The van der Waals surface area contributed by atoms with Gasteiger partial charge < -0.3 is 24.5 Å². The van der Waals surface area contributed by atoms with Gasteiger partial charge in [0.15, 0.2) is 17.1 Å². The number of ether oxygens (including phenoxy) is 1. The molecule has 1 saturated heterocycles. The zero-order chi connectivity index (χ0) is 25.4. The Labute approximate surface area is 199 Å². The van der Waals surface area contributed by atoms with Crippen LogP contribution in [0.1, 0.15) is 26.3 Å². The summed E-state index contributed by atoms with van der Waals surface area (Å²) in [5.74, 6) is -1.42. The Morgan fingerprint density at radius 1 is 1.31 bits per heavy atom. The molecule has 1 aliphatic heterocycles. The van der Waals surface area contributed by atoms with E-state index in [1.165, 1.54) is 32.2 Å². The normalized spacial score (nSPS) is 26.8. The predicted octanol–water partition coefficient (Wildman–Crippen LogP) is 0.459. The van der Waals surface area contributed by atoms with Crippen LogP contribution in [0.15, 0.2) is 46.1 Å². The lowest BCUT2D eigenvalue weighted by Gasteiger charge is -2.43. The number of aliphatic carboxylic acids is 1. The van der Waals surface area contributed by atoms with Crippen LogP contribution >= 0.6 is 8.18 Å². The highest BCUT2D eigenvalue weighted by Gasteiger charge is 2.63. The molecule has 1 spiro atoms. The Morgan fingerprint density at radius 2 is 2.00 bits per heavy atom. The summed E-state index contributed by atoms with van der Waals surface area (Å²) in [6.07, 6.45) is 0.316. The number of carboxylic acids is 1. The summed E-state index contributed by atoms with van der Waals surface area (Å²) >= 11 is 0. The fourth-order valence-corrected chi connectivity index (χ4v) is 5.23. The number of hydrogen-bond donors (Lipinski definition) is 4. The van der Waals surface area contributed by atoms with Crippen LogP contribution in [-0.4, -0.2) is 56.2 Å². The number of rotatable bonds is 9. The monoisotopic (exact) mass is 511 g/mol. The molecular weight excluding hydrogens is 485 g/mol. The molecule has 0 amide bonds. The highest BCUT2D eigenvalue weighted by molar-refractivity contribution is 7.37. The second-order valence-electron chi connectivity index (χ2n) is 8.95. The third-order valence-electron chi connectivity index (χ3n) is 6.19. The third kappa shape index (κ3) is 4.78. The minimum Gasteiger partial charge on any atom is -0.489 e. The van der Waals surface area contributed by atoms with Gasteiger partial charge in [-0.1, -0.05) is 12.1 Å². The van der Waals surface area contributed by atoms with Gasteiger partial charge in [-0.25, -0.2) is 19.7 Å². The maximum Gasteiger partial charge on any atom is 0.328 e. The van der Waals surface area contributed by atoms with Crippen molar-refractivity contribution in [3.63, 3.8) is 0 Å². The van der Waals surface area contributed by atoms with E-state index in [4.69, 9.17) is 19.0 Å². The summed E-state index contributed by atoms with van der Waals surface area (Å²) in [5, 5.41) is 22.6. The average molecular weight is 511 g/mol. The van der Waals surface area contributed by atoms with Crippen LogP contribution in [0.4, 0.5) is 0 Å². The first kappa shape index (κ1) is 25.1. The van der Waals surface area contributed by atoms with Gasteiger partial charge in [0.25, 0.3) is 5.56 Å². The summed E-state index contributed by atoms with van der Waals surface area (Å²) in [5.41, 5.74) is -3.92. The van der Waals surface area contributed by atoms with Gasteiger partial charge in [-0.15, -0.1) is 0 Å². The van der Waals surface area contributed by atoms with Crippen LogP contribution in [0.2, 0.25) is 0 Å². The summed E-state index contributed by atoms with van der Waals surface area (Å²) in [6.45, 7) is 2.65. The van der Waals surface area contributed by atoms with Gasteiger partial charge >= 0.3 is 19.8 Å². The third-order valence-corrected chi connectivity index (χ3v) is 7.42. The molecule has 14 heteroatoms. The molecule has 2 heterocycles. The Balaban J connectivity index is 1.49. The number of carboxylic acid groups (broad SMARTS) is 1. The van der Waals surface area contributed by atoms with Gasteiger partial charge in [0.1, 0.15) is 12.1 Å². The van der Waals surface area contributed by atoms with Crippen molar-refractivity contribution in [3.05, 3.63) is 57.4 Å². The Hall–Kier alpha value is -2.96. The maximum absolute atomic E-state index is 12.4. The van der Waals surface area contributed by atoms with Crippen molar-refractivity contribution in [1.29, 1.82) is 0 Å². The minimum atomic E-state index is -3.00. The lowest BCUT2D eigenvalue weighted by Crippen LogP contribution is -2.61. The maximum atomic E-state index is 12.4. The van der Waals surface area contributed by atoms with Crippen LogP contribution < -0.4 is 25.6 Å². The van der Waals surface area contributed by atoms with Gasteiger partial charge in [-0.3, -0.25) is 18.7 Å². The number of carbonyl (C=O) groups is 1. The molecule has 0 radical (unpaired) electrons. The van der Waals surface area contributed by atoms with Crippen molar-refractivity contribution in [3.8, 4) is 11.5 Å². The average Bonchev–Trinajstić information content (AvgIpc) is 3.04. The number of benzene rings is 1. The van der Waals surface area contributed by atoms with Crippen molar-refractivity contribution >= 4 is 14.1 Å². The van der Waals surface area contributed by atoms with E-state index in [1.54, 1.807) is 18.2 Å². The number of hydrogen-bond acceptors (Lipinski definition) is 9. The highest BCUT2D eigenvalue weighted by atomic mass is 31.1. The van der Waals surface area contributed by atoms with E-state index in [9.17, 15) is 29.2 Å². The van der Waals surface area contributed by atoms with Crippen LogP contribution in [0.25, 0.3) is 0 Å². The molecule has 1 aromatic heterocycles. The molecule has 4 N–H and O–H groups in total. The summed E-state index contributed by atoms with van der Waals surface area (Å²) in [7, 11) is -3.00. The molecular formula is C21H26N3O10P. The molecule has 2 aliphatic rings. The number of aliphatic hydroxyl groups is 1. The minimum absolute atomic E-state index is 0.0111. The van der Waals surface area contributed by atoms with E-state index in [1.807, 2.05) is 0 Å². The Bertz CT molecular complexity index is 1210. The number of nitrogens with one attached hydrogen (secondary N) is 2. The van der Waals surface area contributed by atoms with Crippen molar-refractivity contribution in [2.24, 2.45) is 5.92 Å². The highest BCUT2D eigenvalue weighted by Crippen LogP contribution is 2.49. The first-order valence-electron chi connectivity index (χ1n) is 10.8. The molecule has 190 valence electrons. The van der Waals surface area contributed by atoms with Crippen molar-refractivity contribution < 1.29 is 38.6 Å². The van der Waals surface area contributed by atoms with Gasteiger partial charge in [-0.05, 0) is 32.4 Å². The van der Waals surface area contributed by atoms with E-state index < -0.39 is 54.6 Å². The van der Waals surface area contributed by atoms with Gasteiger partial charge in [0.2, 0.25) is 0 Å². The van der Waals surface area contributed by atoms with Gasteiger partial charge in [0, 0.05) is 18.2 Å². The van der Waals surface area contributed by atoms with Crippen LogP contribution in [-0.2, 0) is 19.1 Å². The molecule has 5 atom stereocenters. The van der Waals surface area contributed by atoms with Crippen molar-refractivity contribution in [2.45, 2.75) is 43.6 Å². The molecule has 1 aromatic carbocycles. The lowest BCUT2D eigenvalue weighted by molar-refractivity contribution is -0.491. The zero-order valence-corrected chi connectivity index (χ0v) is 19.9. The first-order valence-corrected chi connectivity index (χ1v) is 12.1. The molecule has 13 nitrogen and oxygen atoms in total. The number of nitrogens with zero attached hydrogens (tertiary/aromatic N) is 1. The summed E-state index contributed by atoms with van der Waals surface area (Å²) < 4.78 is 24.7. The van der Waals surface area contributed by atoms with E-state index in [2.05, 4.69) is 10.1 Å². The number of aliphatic hydroxyl groups excluding tert-OH is 1. The van der Waals surface area contributed by atoms with E-state index in [0.29, 0.717) is 0 Å². The lowest BCUT2D eigenvalue weighted by atomic mass is 9.93. The molecule has 1 unspecified atom stereocenters. The smallest absolute Gasteiger partial charge is 0.328 e. The fraction of sp³-hybridized carbons (Fsp3) is 0.476. The largest absolute Gasteiger partial charge is 0.489 e. The molecule has 2 aromatic rings. The number of aromatic amines is 1. The Kier molecular flexibility index (Phi) is 6.89. The van der Waals surface area contributed by atoms with Gasteiger partial charge in [-0.2, -0.15) is 0 Å². The van der Waals surface area contributed by atoms with Crippen LogP contribution in [0.5, 0.6) is 11.5 Å². The van der Waals surface area contributed by atoms with E-state index >= 15 is 0 Å². The van der Waals surface area contributed by atoms with E-state index in [0.717, 1.165) is 4.57 Å². The molecule has 35 heavy (non-hydrogen) atoms. The first-order chi connectivity index (χ1) is 16.5. The quantitative estimate of drug-likeness (QED) is 0.271. The van der Waals surface area contributed by atoms with Crippen LogP contribution in [0, 0.1) is 5.92 Å². The molecule has 2 fully saturated rings. The fourth-order valence-electron chi connectivity index (χ4n) is 4.19. The molecule has 1 aliphatic carbocycles. The molecule has 4 rings (SSSR count). The summed E-state index contributed by atoms with van der Waals surface area (Å²) in [6, 6.07) is 6.78. The standard InChI is InChI=1S/C21H26N3O10P/c1-20(2,18(27)28)23-35(30)33-14-6-4-3-5-13(14)31-10-12-9-15(21(17(12)26)11-32-34-21)24-16(25)7-8-22-19(24)29/h3-8,12,15,17,26,35H,9-11H2,1-2H3,(H,22,29)(H,23,30)(H,27,28)/t12-,15-,17-,21+/m1/s1. The Morgan fingerprint density at radius 3 is 2.60 bits per heavy atom. The van der Waals surface area contributed by atoms with Crippen molar-refractivity contribution in [1.82, 2.24) is 14.6 Å². The topological polar surface area (TPSA) is 178 Å². The van der Waals surface area contributed by atoms with Gasteiger partial charge in [0.05, 0.1) is 18.8 Å². The number of aromatic nitrogens is 2. The second kappa shape index (κ2) is 9.59. The second-order valence-corrected chi connectivity index (χ2v) is 9.98. The van der Waals surface area contributed by atoms with Crippen molar-refractivity contribution in [2.75, 3.05) is 13.2 Å². The zero-order valence-electron chi connectivity index (χ0n) is 18.9. The van der Waals surface area contributed by atoms with E-state index in [-0.39, 0.29) is 31.1 Å².